The van der Waals surface area contributed by atoms with E-state index in [2.05, 4.69) is 56.1 Å². The molecule has 0 saturated heterocycles. The third-order valence-corrected chi connectivity index (χ3v) is 8.15. The number of carbonyl (C=O) groups is 1. The molecule has 31 heavy (non-hydrogen) atoms. The van der Waals surface area contributed by atoms with Gasteiger partial charge in [-0.2, -0.15) is 0 Å². The van der Waals surface area contributed by atoms with Gasteiger partial charge in [0.2, 0.25) is 0 Å². The van der Waals surface area contributed by atoms with Crippen LogP contribution in [0.1, 0.15) is 43.0 Å². The second-order valence-corrected chi connectivity index (χ2v) is 16.0. The average Bonchev–Trinajstić information content (AvgIpc) is 3.37. The summed E-state index contributed by atoms with van der Waals surface area (Å²) >= 11 is 3.36. The van der Waals surface area contributed by atoms with Crippen molar-refractivity contribution in [3.8, 4) is 0 Å². The molecule has 0 aliphatic heterocycles. The van der Waals surface area contributed by atoms with Crippen LogP contribution in [0.3, 0.4) is 0 Å². The highest BCUT2D eigenvalue weighted by Gasteiger charge is 2.40. The number of hydrogen-bond donors (Lipinski definition) is 1. The van der Waals surface area contributed by atoms with E-state index >= 15 is 0 Å². The zero-order valence-electron chi connectivity index (χ0n) is 18.5. The summed E-state index contributed by atoms with van der Waals surface area (Å²) in [6.07, 6.45) is 6.31. The molecule has 0 radical (unpaired) electrons. The molecule has 0 aromatic carbocycles. The zero-order valence-corrected chi connectivity index (χ0v) is 21.1. The van der Waals surface area contributed by atoms with Crippen LogP contribution in [0.25, 0.3) is 0 Å². The third-order valence-electron chi connectivity index (χ3n) is 5.97. The van der Waals surface area contributed by atoms with Crippen LogP contribution in [0.5, 0.6) is 0 Å². The van der Waals surface area contributed by atoms with E-state index in [1.807, 2.05) is 12.1 Å². The number of aromatic nitrogens is 5. The van der Waals surface area contributed by atoms with E-state index in [1.54, 1.807) is 10.9 Å². The number of rotatable bonds is 11. The van der Waals surface area contributed by atoms with Gasteiger partial charge in [-0.05, 0) is 69.2 Å². The van der Waals surface area contributed by atoms with Crippen LogP contribution in [-0.2, 0) is 22.7 Å². The fraction of sp³-hybridized carbons (Fsp3) is 0.667. The minimum absolute atomic E-state index is 0.129. The largest absolute Gasteiger partial charge is 0.481 e. The second-order valence-electron chi connectivity index (χ2n) is 9.59. The molecule has 1 N–H and O–H groups in total. The molecule has 1 aliphatic carbocycles. The SMILES string of the molecule is C[Si](C)(C)CCOCn1nnnc1[C@@H](Cc1ccc(Br)nc1)[C@@H](C(=O)O)C1CCCC1. The Morgan fingerprint density at radius 3 is 2.68 bits per heavy atom. The molecule has 2 atom stereocenters. The molecule has 0 bridgehead atoms. The normalized spacial score (nSPS) is 17.0. The van der Waals surface area contributed by atoms with Gasteiger partial charge in [-0.1, -0.05) is 38.5 Å². The Labute approximate surface area is 192 Å². The number of ether oxygens (including phenoxy) is 1. The monoisotopic (exact) mass is 509 g/mol. The van der Waals surface area contributed by atoms with Crippen LogP contribution in [0, 0.1) is 11.8 Å². The first-order valence-electron chi connectivity index (χ1n) is 10.9. The molecule has 1 fully saturated rings. The van der Waals surface area contributed by atoms with E-state index in [0.717, 1.165) is 41.9 Å². The van der Waals surface area contributed by atoms with Gasteiger partial charge in [0.1, 0.15) is 11.3 Å². The maximum Gasteiger partial charge on any atom is 0.307 e. The van der Waals surface area contributed by atoms with E-state index in [4.69, 9.17) is 4.74 Å². The molecule has 0 amide bonds. The zero-order chi connectivity index (χ0) is 22.4. The van der Waals surface area contributed by atoms with E-state index < -0.39 is 20.0 Å². The van der Waals surface area contributed by atoms with Gasteiger partial charge in [0, 0.05) is 26.8 Å². The summed E-state index contributed by atoms with van der Waals surface area (Å²) < 4.78 is 8.25. The molecular formula is C21H32BrN5O3Si. The highest BCUT2D eigenvalue weighted by Crippen LogP contribution is 2.40. The van der Waals surface area contributed by atoms with Crippen molar-refractivity contribution in [1.82, 2.24) is 25.2 Å². The summed E-state index contributed by atoms with van der Waals surface area (Å²) in [7, 11) is -1.20. The van der Waals surface area contributed by atoms with Crippen LogP contribution in [-0.4, -0.2) is 50.9 Å². The molecule has 2 heterocycles. The van der Waals surface area contributed by atoms with E-state index in [1.165, 1.54) is 0 Å². The number of tetrazole rings is 1. The van der Waals surface area contributed by atoms with Crippen molar-refractivity contribution >= 4 is 30.0 Å². The van der Waals surface area contributed by atoms with Crippen molar-refractivity contribution in [3.63, 3.8) is 0 Å². The van der Waals surface area contributed by atoms with Crippen molar-refractivity contribution in [2.45, 2.75) is 70.4 Å². The van der Waals surface area contributed by atoms with E-state index in [9.17, 15) is 9.90 Å². The first kappa shape index (κ1) is 24.0. The molecular weight excluding hydrogens is 478 g/mol. The molecule has 1 saturated carbocycles. The van der Waals surface area contributed by atoms with Crippen molar-refractivity contribution in [2.24, 2.45) is 11.8 Å². The minimum atomic E-state index is -1.20. The molecule has 8 nitrogen and oxygen atoms in total. The van der Waals surface area contributed by atoms with Crippen LogP contribution < -0.4 is 0 Å². The molecule has 170 valence electrons. The lowest BCUT2D eigenvalue weighted by molar-refractivity contribution is -0.144. The Bertz CT molecular complexity index is 849. The highest BCUT2D eigenvalue weighted by atomic mass is 79.9. The Kier molecular flexibility index (Phi) is 8.34. The quantitative estimate of drug-likeness (QED) is 0.272. The first-order chi connectivity index (χ1) is 14.7. The Balaban J connectivity index is 1.84. The predicted molar refractivity (Wildman–Crippen MR) is 123 cm³/mol. The lowest BCUT2D eigenvalue weighted by atomic mass is 9.77. The summed E-state index contributed by atoms with van der Waals surface area (Å²) in [6, 6.07) is 4.90. The van der Waals surface area contributed by atoms with Crippen molar-refractivity contribution in [3.05, 3.63) is 34.3 Å². The lowest BCUT2D eigenvalue weighted by Crippen LogP contribution is -2.32. The molecule has 10 heteroatoms. The molecule has 0 unspecified atom stereocenters. The molecule has 1 aliphatic rings. The number of carboxylic acids is 1. The number of carboxylic acid groups (broad SMARTS) is 1. The fourth-order valence-corrected chi connectivity index (χ4v) is 5.27. The van der Waals surface area contributed by atoms with Crippen molar-refractivity contribution < 1.29 is 14.6 Å². The van der Waals surface area contributed by atoms with Gasteiger partial charge in [0.15, 0.2) is 5.82 Å². The molecule has 0 spiro atoms. The number of nitrogens with zero attached hydrogens (tertiary/aromatic N) is 5. The van der Waals surface area contributed by atoms with Gasteiger partial charge >= 0.3 is 5.97 Å². The lowest BCUT2D eigenvalue weighted by Gasteiger charge is -2.28. The highest BCUT2D eigenvalue weighted by molar-refractivity contribution is 9.10. The average molecular weight is 511 g/mol. The Hall–Kier alpha value is -1.65. The van der Waals surface area contributed by atoms with Crippen LogP contribution >= 0.6 is 15.9 Å². The van der Waals surface area contributed by atoms with Gasteiger partial charge in [0.25, 0.3) is 0 Å². The number of halogens is 1. The van der Waals surface area contributed by atoms with E-state index in [-0.39, 0.29) is 18.6 Å². The summed E-state index contributed by atoms with van der Waals surface area (Å²) in [5.74, 6) is -0.965. The predicted octanol–water partition coefficient (Wildman–Crippen LogP) is 4.36. The summed E-state index contributed by atoms with van der Waals surface area (Å²) in [6.45, 7) is 7.81. The standard InChI is InChI=1S/C21H32BrN5O3Si/c1-31(2,3)11-10-30-14-27-20(24-25-26-27)17(12-15-8-9-18(22)23-13-15)19(21(28)29)16-6-4-5-7-16/h8-9,13,16-17,19H,4-7,10-12,14H2,1-3H3,(H,28,29)/t17-,19-/m0/s1. The van der Waals surface area contributed by atoms with Crippen molar-refractivity contribution in [2.75, 3.05) is 6.61 Å². The van der Waals surface area contributed by atoms with E-state index in [0.29, 0.717) is 18.9 Å². The summed E-state index contributed by atoms with van der Waals surface area (Å²) in [5.41, 5.74) is 0.964. The minimum Gasteiger partial charge on any atom is -0.481 e. The smallest absolute Gasteiger partial charge is 0.307 e. The molecule has 2 aromatic heterocycles. The van der Waals surface area contributed by atoms with Gasteiger partial charge in [-0.25, -0.2) is 9.67 Å². The Morgan fingerprint density at radius 1 is 1.32 bits per heavy atom. The van der Waals surface area contributed by atoms with Gasteiger partial charge < -0.3 is 9.84 Å². The summed E-state index contributed by atoms with van der Waals surface area (Å²) in [4.78, 5) is 16.7. The summed E-state index contributed by atoms with van der Waals surface area (Å²) in [5, 5.41) is 22.5. The first-order valence-corrected chi connectivity index (χ1v) is 15.4. The van der Waals surface area contributed by atoms with Gasteiger partial charge in [-0.3, -0.25) is 4.79 Å². The maximum absolute atomic E-state index is 12.4. The molecule has 3 rings (SSSR count). The number of aliphatic carboxylic acids is 1. The molecule has 2 aromatic rings. The maximum atomic E-state index is 12.4. The van der Waals surface area contributed by atoms with Gasteiger partial charge in [0.05, 0.1) is 5.92 Å². The second kappa shape index (κ2) is 10.8. The van der Waals surface area contributed by atoms with Crippen LogP contribution in [0.15, 0.2) is 22.9 Å². The topological polar surface area (TPSA) is 103 Å². The number of hydrogen-bond acceptors (Lipinski definition) is 6. The van der Waals surface area contributed by atoms with Crippen LogP contribution in [0.4, 0.5) is 0 Å². The fourth-order valence-electron chi connectivity index (χ4n) is 4.28. The van der Waals surface area contributed by atoms with Crippen molar-refractivity contribution in [1.29, 1.82) is 0 Å². The van der Waals surface area contributed by atoms with Crippen LogP contribution in [0.2, 0.25) is 25.7 Å². The van der Waals surface area contributed by atoms with Gasteiger partial charge in [-0.15, -0.1) is 5.10 Å². The third kappa shape index (κ3) is 6.91. The Morgan fingerprint density at radius 2 is 2.06 bits per heavy atom. The number of pyridine rings is 1.